The Balaban J connectivity index is 2.10. The van der Waals surface area contributed by atoms with E-state index in [2.05, 4.69) is 5.32 Å². The molecular formula is C12H14N2O5. The van der Waals surface area contributed by atoms with E-state index in [9.17, 15) is 14.9 Å². The van der Waals surface area contributed by atoms with Crippen molar-refractivity contribution in [3.05, 3.63) is 28.3 Å². The smallest absolute Gasteiger partial charge is 0.311 e. The van der Waals surface area contributed by atoms with Gasteiger partial charge in [0.2, 0.25) is 0 Å². The summed E-state index contributed by atoms with van der Waals surface area (Å²) in [6.07, 6.45) is 1.30. The highest BCUT2D eigenvalue weighted by molar-refractivity contribution is 5.78. The van der Waals surface area contributed by atoms with E-state index in [1.54, 1.807) is 6.07 Å². The topological polar surface area (TPSA) is 102 Å². The van der Waals surface area contributed by atoms with Crippen LogP contribution < -0.4 is 10.1 Å². The number of rotatable bonds is 6. The van der Waals surface area contributed by atoms with Crippen LogP contribution in [0.3, 0.4) is 0 Å². The second-order valence-corrected chi connectivity index (χ2v) is 4.58. The van der Waals surface area contributed by atoms with Crippen LogP contribution >= 0.6 is 0 Å². The number of ether oxygens (including phenoxy) is 1. The molecule has 0 aromatic heterocycles. The van der Waals surface area contributed by atoms with Crippen molar-refractivity contribution in [1.29, 1.82) is 0 Å². The van der Waals surface area contributed by atoms with E-state index in [-0.39, 0.29) is 11.4 Å². The van der Waals surface area contributed by atoms with Crippen LogP contribution in [0, 0.1) is 15.5 Å². The van der Waals surface area contributed by atoms with Gasteiger partial charge in [-0.1, -0.05) is 0 Å². The largest absolute Gasteiger partial charge is 0.490 e. The molecule has 2 rings (SSSR count). The quantitative estimate of drug-likeness (QED) is 0.602. The fraction of sp³-hybridized carbons (Fsp3) is 0.417. The molecule has 0 amide bonds. The number of carboxylic acid groups (broad SMARTS) is 1. The lowest BCUT2D eigenvalue weighted by Crippen LogP contribution is -2.24. The third-order valence-corrected chi connectivity index (χ3v) is 3.31. The van der Waals surface area contributed by atoms with Crippen LogP contribution in [-0.4, -0.2) is 29.7 Å². The Kier molecular flexibility index (Phi) is 3.28. The van der Waals surface area contributed by atoms with Crippen molar-refractivity contribution in [1.82, 2.24) is 0 Å². The van der Waals surface area contributed by atoms with Gasteiger partial charge in [-0.15, -0.1) is 0 Å². The Hall–Kier alpha value is -2.31. The second-order valence-electron chi connectivity index (χ2n) is 4.58. The van der Waals surface area contributed by atoms with Crippen molar-refractivity contribution in [3.63, 3.8) is 0 Å². The Morgan fingerprint density at radius 3 is 2.74 bits per heavy atom. The maximum Gasteiger partial charge on any atom is 0.311 e. The van der Waals surface area contributed by atoms with Crippen molar-refractivity contribution in [3.8, 4) is 5.75 Å². The number of methoxy groups -OCH3 is 1. The summed E-state index contributed by atoms with van der Waals surface area (Å²) in [5.41, 5.74) is -0.197. The zero-order chi connectivity index (χ0) is 14.0. The van der Waals surface area contributed by atoms with Crippen LogP contribution in [0.1, 0.15) is 12.8 Å². The summed E-state index contributed by atoms with van der Waals surface area (Å²) in [4.78, 5) is 21.2. The molecule has 0 saturated heterocycles. The van der Waals surface area contributed by atoms with Gasteiger partial charge in [0.05, 0.1) is 17.4 Å². The number of carboxylic acids is 1. The summed E-state index contributed by atoms with van der Waals surface area (Å²) in [5.74, 6) is -0.663. The molecule has 0 atom stereocenters. The molecule has 0 aliphatic heterocycles. The van der Waals surface area contributed by atoms with Gasteiger partial charge in [0.1, 0.15) is 0 Å². The van der Waals surface area contributed by atoms with Gasteiger partial charge in [-0.3, -0.25) is 14.9 Å². The minimum Gasteiger partial charge on any atom is -0.490 e. The number of anilines is 1. The molecule has 1 aromatic rings. The van der Waals surface area contributed by atoms with Gasteiger partial charge >= 0.3 is 11.7 Å². The molecule has 7 nitrogen and oxygen atoms in total. The van der Waals surface area contributed by atoms with E-state index in [4.69, 9.17) is 9.84 Å². The predicted octanol–water partition coefficient (Wildman–Crippen LogP) is 1.88. The van der Waals surface area contributed by atoms with E-state index in [1.807, 2.05) is 0 Å². The molecule has 0 bridgehead atoms. The van der Waals surface area contributed by atoms with E-state index in [1.165, 1.54) is 19.2 Å². The second kappa shape index (κ2) is 4.75. The van der Waals surface area contributed by atoms with Gasteiger partial charge in [-0.2, -0.15) is 0 Å². The molecule has 1 fully saturated rings. The van der Waals surface area contributed by atoms with Crippen LogP contribution in [0.25, 0.3) is 0 Å². The van der Waals surface area contributed by atoms with Gasteiger partial charge < -0.3 is 15.2 Å². The first kappa shape index (κ1) is 13.1. The third-order valence-electron chi connectivity index (χ3n) is 3.31. The van der Waals surface area contributed by atoms with E-state index < -0.39 is 16.3 Å². The van der Waals surface area contributed by atoms with E-state index >= 15 is 0 Å². The molecule has 1 aliphatic rings. The Morgan fingerprint density at radius 1 is 1.58 bits per heavy atom. The monoisotopic (exact) mass is 266 g/mol. The highest BCUT2D eigenvalue weighted by Gasteiger charge is 2.50. The van der Waals surface area contributed by atoms with Crippen LogP contribution in [0.15, 0.2) is 18.2 Å². The molecule has 0 unspecified atom stereocenters. The lowest BCUT2D eigenvalue weighted by Gasteiger charge is -2.13. The SMILES string of the molecule is COc1cc(NCC2(C(=O)O)CC2)ccc1[N+](=O)[O-]. The summed E-state index contributed by atoms with van der Waals surface area (Å²) >= 11 is 0. The number of benzene rings is 1. The number of nitrogens with one attached hydrogen (secondary N) is 1. The fourth-order valence-electron chi connectivity index (χ4n) is 1.83. The number of hydrogen-bond acceptors (Lipinski definition) is 5. The third kappa shape index (κ3) is 2.59. The van der Waals surface area contributed by atoms with Crippen LogP contribution in [0.2, 0.25) is 0 Å². The number of nitro benzene ring substituents is 1. The fourth-order valence-corrected chi connectivity index (χ4v) is 1.83. The molecular weight excluding hydrogens is 252 g/mol. The van der Waals surface area contributed by atoms with Crippen LogP contribution in [-0.2, 0) is 4.79 Å². The van der Waals surface area contributed by atoms with Gasteiger partial charge in [0, 0.05) is 24.4 Å². The zero-order valence-corrected chi connectivity index (χ0v) is 10.4. The summed E-state index contributed by atoms with van der Waals surface area (Å²) < 4.78 is 4.94. The maximum atomic E-state index is 11.0. The predicted molar refractivity (Wildman–Crippen MR) is 67.4 cm³/mol. The maximum absolute atomic E-state index is 11.0. The first-order valence-electron chi connectivity index (χ1n) is 5.78. The molecule has 1 aromatic carbocycles. The van der Waals surface area contributed by atoms with Gasteiger partial charge in [-0.25, -0.2) is 0 Å². The van der Waals surface area contributed by atoms with Crippen molar-refractivity contribution in [2.24, 2.45) is 5.41 Å². The molecule has 0 spiro atoms. The Morgan fingerprint density at radius 2 is 2.26 bits per heavy atom. The minimum atomic E-state index is -0.811. The number of nitrogens with zero attached hydrogens (tertiary/aromatic N) is 1. The first-order chi connectivity index (χ1) is 8.98. The summed E-state index contributed by atoms with van der Waals surface area (Å²) in [7, 11) is 1.35. The average molecular weight is 266 g/mol. The normalized spacial score (nSPS) is 15.6. The number of aliphatic carboxylic acids is 1. The first-order valence-corrected chi connectivity index (χ1v) is 5.78. The zero-order valence-electron chi connectivity index (χ0n) is 10.4. The van der Waals surface area contributed by atoms with E-state index in [0.717, 1.165) is 0 Å². The minimum absolute atomic E-state index is 0.118. The number of carbonyl (C=O) groups is 1. The molecule has 1 aliphatic carbocycles. The molecule has 19 heavy (non-hydrogen) atoms. The van der Waals surface area contributed by atoms with Gasteiger partial charge in [0.15, 0.2) is 5.75 Å². The number of hydrogen-bond donors (Lipinski definition) is 2. The molecule has 1 saturated carbocycles. The molecule has 0 radical (unpaired) electrons. The van der Waals surface area contributed by atoms with Gasteiger partial charge in [-0.05, 0) is 18.9 Å². The highest BCUT2D eigenvalue weighted by Crippen LogP contribution is 2.46. The number of nitro groups is 1. The summed E-state index contributed by atoms with van der Waals surface area (Å²) in [5, 5.41) is 22.8. The molecule has 7 heteroatoms. The van der Waals surface area contributed by atoms with Crippen molar-refractivity contribution >= 4 is 17.3 Å². The van der Waals surface area contributed by atoms with Crippen LogP contribution in [0.5, 0.6) is 5.75 Å². The standard InChI is InChI=1S/C12H14N2O5/c1-19-10-6-8(2-3-9(10)14(17)18)13-7-12(4-5-12)11(15)16/h2-3,6,13H,4-5,7H2,1H3,(H,15,16). The van der Waals surface area contributed by atoms with Crippen molar-refractivity contribution < 1.29 is 19.6 Å². The summed E-state index contributed by atoms with van der Waals surface area (Å²) in [6, 6.07) is 4.37. The van der Waals surface area contributed by atoms with E-state index in [0.29, 0.717) is 25.1 Å². The summed E-state index contributed by atoms with van der Waals surface area (Å²) in [6.45, 7) is 0.309. The lowest BCUT2D eigenvalue weighted by atomic mass is 10.1. The Bertz CT molecular complexity index is 525. The average Bonchev–Trinajstić information content (AvgIpc) is 3.17. The highest BCUT2D eigenvalue weighted by atomic mass is 16.6. The molecule has 102 valence electrons. The Labute approximate surface area is 109 Å². The van der Waals surface area contributed by atoms with Crippen molar-refractivity contribution in [2.75, 3.05) is 19.0 Å². The molecule has 2 N–H and O–H groups in total. The lowest BCUT2D eigenvalue weighted by molar-refractivity contribution is -0.385. The van der Waals surface area contributed by atoms with Crippen LogP contribution in [0.4, 0.5) is 11.4 Å². The molecule has 0 heterocycles. The van der Waals surface area contributed by atoms with Gasteiger partial charge in [0.25, 0.3) is 0 Å². The van der Waals surface area contributed by atoms with Crippen molar-refractivity contribution in [2.45, 2.75) is 12.8 Å².